The van der Waals surface area contributed by atoms with E-state index in [1.165, 1.54) is 0 Å². The summed E-state index contributed by atoms with van der Waals surface area (Å²) in [5.41, 5.74) is 1.98. The Bertz CT molecular complexity index is 571. The highest BCUT2D eigenvalue weighted by Gasteiger charge is 2.30. The number of ether oxygens (including phenoxy) is 1. The highest BCUT2D eigenvalue weighted by Crippen LogP contribution is 2.18. The lowest BCUT2D eigenvalue weighted by Gasteiger charge is -2.36. The van der Waals surface area contributed by atoms with Gasteiger partial charge in [0.15, 0.2) is 0 Å². The van der Waals surface area contributed by atoms with Crippen LogP contribution in [0.3, 0.4) is 0 Å². The molecule has 2 aliphatic rings. The SMILES string of the molecule is COc1ccccc1CCNC(=O)C1=CCC2CNCC1N2. The smallest absolute Gasteiger partial charge is 0.248 e. The van der Waals surface area contributed by atoms with Crippen LogP contribution in [0, 0.1) is 0 Å². The zero-order valence-electron chi connectivity index (χ0n) is 12.9. The Morgan fingerprint density at radius 2 is 2.23 bits per heavy atom. The summed E-state index contributed by atoms with van der Waals surface area (Å²) in [6, 6.07) is 8.51. The molecule has 3 N–H and O–H groups in total. The van der Waals surface area contributed by atoms with Crippen molar-refractivity contribution in [2.24, 2.45) is 0 Å². The standard InChI is InChI=1S/C17H23N3O2/c1-22-16-5-3-2-4-12(16)8-9-19-17(21)14-7-6-13-10-18-11-15(14)20-13/h2-5,7,13,15,18,20H,6,8-11H2,1H3,(H,19,21). The first-order chi connectivity index (χ1) is 10.8. The second kappa shape index (κ2) is 6.94. The fourth-order valence-electron chi connectivity index (χ4n) is 3.14. The van der Waals surface area contributed by atoms with Crippen LogP contribution in [0.15, 0.2) is 35.9 Å². The van der Waals surface area contributed by atoms with Gasteiger partial charge in [-0.1, -0.05) is 24.3 Å². The molecule has 0 aromatic heterocycles. The number of carbonyl (C=O) groups is 1. The number of hydrogen-bond donors (Lipinski definition) is 3. The average Bonchev–Trinajstić information content (AvgIpc) is 2.55. The molecular weight excluding hydrogens is 278 g/mol. The molecule has 1 saturated heterocycles. The number of carbonyl (C=O) groups excluding carboxylic acids is 1. The molecule has 1 amide bonds. The Morgan fingerprint density at radius 1 is 1.36 bits per heavy atom. The lowest BCUT2D eigenvalue weighted by Crippen LogP contribution is -2.58. The lowest BCUT2D eigenvalue weighted by atomic mass is 9.94. The summed E-state index contributed by atoms with van der Waals surface area (Å²) in [4.78, 5) is 12.4. The predicted octanol–water partition coefficient (Wildman–Crippen LogP) is 0.614. The van der Waals surface area contributed by atoms with E-state index in [9.17, 15) is 4.79 Å². The maximum Gasteiger partial charge on any atom is 0.248 e. The number of amides is 1. The maximum absolute atomic E-state index is 12.4. The molecule has 22 heavy (non-hydrogen) atoms. The maximum atomic E-state index is 12.4. The molecule has 0 spiro atoms. The van der Waals surface area contributed by atoms with Gasteiger partial charge in [-0.05, 0) is 24.5 Å². The molecule has 0 saturated carbocycles. The van der Waals surface area contributed by atoms with Crippen molar-refractivity contribution < 1.29 is 9.53 Å². The molecule has 2 heterocycles. The fraction of sp³-hybridized carbons (Fsp3) is 0.471. The summed E-state index contributed by atoms with van der Waals surface area (Å²) in [7, 11) is 1.67. The monoisotopic (exact) mass is 301 g/mol. The molecule has 0 radical (unpaired) electrons. The van der Waals surface area contributed by atoms with E-state index in [1.807, 2.05) is 24.3 Å². The van der Waals surface area contributed by atoms with E-state index in [1.54, 1.807) is 7.11 Å². The second-order valence-electron chi connectivity index (χ2n) is 5.79. The molecule has 5 heteroatoms. The van der Waals surface area contributed by atoms with E-state index in [-0.39, 0.29) is 11.9 Å². The van der Waals surface area contributed by atoms with Crippen molar-refractivity contribution in [2.45, 2.75) is 24.9 Å². The third-order valence-electron chi connectivity index (χ3n) is 4.31. The van der Waals surface area contributed by atoms with E-state index in [2.05, 4.69) is 22.0 Å². The van der Waals surface area contributed by atoms with E-state index >= 15 is 0 Å². The molecule has 1 fully saturated rings. The van der Waals surface area contributed by atoms with Gasteiger partial charge in [0.05, 0.1) is 13.2 Å². The Morgan fingerprint density at radius 3 is 3.09 bits per heavy atom. The van der Waals surface area contributed by atoms with Crippen molar-refractivity contribution in [3.63, 3.8) is 0 Å². The second-order valence-corrected chi connectivity index (χ2v) is 5.79. The summed E-state index contributed by atoms with van der Waals surface area (Å²) in [5.74, 6) is 0.907. The summed E-state index contributed by atoms with van der Waals surface area (Å²) >= 11 is 0. The molecular formula is C17H23N3O2. The van der Waals surface area contributed by atoms with E-state index in [0.29, 0.717) is 12.6 Å². The highest BCUT2D eigenvalue weighted by atomic mass is 16.5. The van der Waals surface area contributed by atoms with Crippen molar-refractivity contribution in [3.05, 3.63) is 41.5 Å². The van der Waals surface area contributed by atoms with Crippen LogP contribution < -0.4 is 20.7 Å². The molecule has 3 rings (SSSR count). The van der Waals surface area contributed by atoms with Crippen LogP contribution in [0.5, 0.6) is 5.75 Å². The van der Waals surface area contributed by atoms with Crippen molar-refractivity contribution >= 4 is 5.91 Å². The lowest BCUT2D eigenvalue weighted by molar-refractivity contribution is -0.118. The van der Waals surface area contributed by atoms with Crippen molar-refractivity contribution in [2.75, 3.05) is 26.7 Å². The number of nitrogens with one attached hydrogen (secondary N) is 3. The van der Waals surface area contributed by atoms with Gasteiger partial charge in [-0.3, -0.25) is 4.79 Å². The quantitative estimate of drug-likeness (QED) is 0.746. The molecule has 2 bridgehead atoms. The van der Waals surface area contributed by atoms with Gasteiger partial charge in [0, 0.05) is 31.2 Å². The van der Waals surface area contributed by atoms with Crippen LogP contribution in [0.2, 0.25) is 0 Å². The molecule has 1 aromatic rings. The number of fused-ring (bicyclic) bond motifs is 2. The van der Waals surface area contributed by atoms with Crippen LogP contribution >= 0.6 is 0 Å². The molecule has 2 atom stereocenters. The molecule has 2 unspecified atom stereocenters. The van der Waals surface area contributed by atoms with Crippen LogP contribution in [0.25, 0.3) is 0 Å². The first kappa shape index (κ1) is 15.1. The van der Waals surface area contributed by atoms with Gasteiger partial charge in [-0.15, -0.1) is 0 Å². The Kier molecular flexibility index (Phi) is 4.75. The molecule has 1 aromatic carbocycles. The van der Waals surface area contributed by atoms with Gasteiger partial charge in [-0.2, -0.15) is 0 Å². The zero-order valence-corrected chi connectivity index (χ0v) is 12.9. The topological polar surface area (TPSA) is 62.4 Å². The molecule has 118 valence electrons. The normalized spacial score (nSPS) is 23.6. The Hall–Kier alpha value is -1.85. The van der Waals surface area contributed by atoms with Gasteiger partial charge >= 0.3 is 0 Å². The van der Waals surface area contributed by atoms with Crippen molar-refractivity contribution in [1.29, 1.82) is 0 Å². The van der Waals surface area contributed by atoms with E-state index < -0.39 is 0 Å². The number of hydrogen-bond acceptors (Lipinski definition) is 4. The predicted molar refractivity (Wildman–Crippen MR) is 86.0 cm³/mol. The van der Waals surface area contributed by atoms with Gasteiger partial charge in [-0.25, -0.2) is 0 Å². The summed E-state index contributed by atoms with van der Waals surface area (Å²) in [5, 5.41) is 9.89. The summed E-state index contributed by atoms with van der Waals surface area (Å²) in [6.07, 6.45) is 3.77. The van der Waals surface area contributed by atoms with Gasteiger partial charge in [0.25, 0.3) is 0 Å². The molecule has 5 nitrogen and oxygen atoms in total. The first-order valence-electron chi connectivity index (χ1n) is 7.85. The van der Waals surface area contributed by atoms with Gasteiger partial charge in [0.2, 0.25) is 5.91 Å². The molecule has 0 aliphatic carbocycles. The third-order valence-corrected chi connectivity index (χ3v) is 4.31. The van der Waals surface area contributed by atoms with Crippen LogP contribution in [-0.4, -0.2) is 44.7 Å². The van der Waals surface area contributed by atoms with E-state index in [4.69, 9.17) is 4.74 Å². The molecule has 2 aliphatic heterocycles. The van der Waals surface area contributed by atoms with Crippen LogP contribution in [0.4, 0.5) is 0 Å². The number of piperazine rings is 1. The number of rotatable bonds is 5. The van der Waals surface area contributed by atoms with Crippen molar-refractivity contribution in [3.8, 4) is 5.75 Å². The minimum absolute atomic E-state index is 0.0366. The van der Waals surface area contributed by atoms with E-state index in [0.717, 1.165) is 42.8 Å². The van der Waals surface area contributed by atoms with Crippen molar-refractivity contribution in [1.82, 2.24) is 16.0 Å². The zero-order chi connectivity index (χ0) is 15.4. The fourth-order valence-corrected chi connectivity index (χ4v) is 3.14. The number of benzene rings is 1. The van der Waals surface area contributed by atoms with Crippen LogP contribution in [0.1, 0.15) is 12.0 Å². The van der Waals surface area contributed by atoms with Gasteiger partial charge < -0.3 is 20.7 Å². The number of methoxy groups -OCH3 is 1. The Labute approximate surface area is 131 Å². The van der Waals surface area contributed by atoms with Gasteiger partial charge in [0.1, 0.15) is 5.75 Å². The minimum atomic E-state index is 0.0366. The first-order valence-corrected chi connectivity index (χ1v) is 7.85. The summed E-state index contributed by atoms with van der Waals surface area (Å²) < 4.78 is 5.33. The largest absolute Gasteiger partial charge is 0.496 e. The minimum Gasteiger partial charge on any atom is -0.496 e. The average molecular weight is 301 g/mol. The third kappa shape index (κ3) is 3.31. The highest BCUT2D eigenvalue weighted by molar-refractivity contribution is 5.95. The Balaban J connectivity index is 1.54. The van der Waals surface area contributed by atoms with Crippen LogP contribution in [-0.2, 0) is 11.2 Å². The summed E-state index contributed by atoms with van der Waals surface area (Å²) in [6.45, 7) is 2.41. The number of para-hydroxylation sites is 1.